The monoisotopic (exact) mass is 275 g/mol. The molecule has 21 heavy (non-hydrogen) atoms. The van der Waals surface area contributed by atoms with Crippen molar-refractivity contribution in [3.63, 3.8) is 0 Å². The lowest BCUT2D eigenvalue weighted by atomic mass is 9.81. The van der Waals surface area contributed by atoms with Crippen LogP contribution in [0, 0.1) is 22.7 Å². The SMILES string of the molecule is CC1=C(C#N)C(c2ccc3[nH]ncc3c2)C(C#N)=C(C)N1. The van der Waals surface area contributed by atoms with Crippen molar-refractivity contribution in [1.29, 1.82) is 10.5 Å². The summed E-state index contributed by atoms with van der Waals surface area (Å²) in [5.41, 5.74) is 4.63. The zero-order valence-electron chi connectivity index (χ0n) is 11.7. The van der Waals surface area contributed by atoms with E-state index < -0.39 is 0 Å². The summed E-state index contributed by atoms with van der Waals surface area (Å²) in [5.74, 6) is -0.319. The lowest BCUT2D eigenvalue weighted by Gasteiger charge is -2.26. The van der Waals surface area contributed by atoms with Gasteiger partial charge in [-0.15, -0.1) is 0 Å². The van der Waals surface area contributed by atoms with E-state index in [0.29, 0.717) is 11.1 Å². The lowest BCUT2D eigenvalue weighted by molar-refractivity contribution is 0.815. The van der Waals surface area contributed by atoms with E-state index in [1.807, 2.05) is 32.0 Å². The molecule has 0 radical (unpaired) electrons. The predicted molar refractivity (Wildman–Crippen MR) is 78.6 cm³/mol. The zero-order chi connectivity index (χ0) is 15.0. The van der Waals surface area contributed by atoms with Gasteiger partial charge >= 0.3 is 0 Å². The second-order valence-electron chi connectivity index (χ2n) is 5.08. The van der Waals surface area contributed by atoms with Gasteiger partial charge in [-0.2, -0.15) is 15.6 Å². The molecule has 0 amide bonds. The molecule has 5 nitrogen and oxygen atoms in total. The van der Waals surface area contributed by atoms with Gasteiger partial charge in [-0.25, -0.2) is 0 Å². The molecule has 0 aliphatic carbocycles. The molecule has 0 saturated heterocycles. The summed E-state index contributed by atoms with van der Waals surface area (Å²) in [4.78, 5) is 0. The first-order valence-electron chi connectivity index (χ1n) is 6.57. The van der Waals surface area contributed by atoms with Crippen molar-refractivity contribution in [3.8, 4) is 12.1 Å². The smallest absolute Gasteiger partial charge is 0.0975 e. The first-order valence-corrected chi connectivity index (χ1v) is 6.57. The van der Waals surface area contributed by atoms with Gasteiger partial charge in [0.15, 0.2) is 0 Å². The van der Waals surface area contributed by atoms with Crippen LogP contribution < -0.4 is 5.32 Å². The highest BCUT2D eigenvalue weighted by Crippen LogP contribution is 2.37. The van der Waals surface area contributed by atoms with Crippen molar-refractivity contribution in [3.05, 3.63) is 52.5 Å². The number of rotatable bonds is 1. The first-order chi connectivity index (χ1) is 10.2. The van der Waals surface area contributed by atoms with Crippen molar-refractivity contribution in [1.82, 2.24) is 15.5 Å². The minimum atomic E-state index is -0.319. The molecule has 102 valence electrons. The summed E-state index contributed by atoms with van der Waals surface area (Å²) >= 11 is 0. The van der Waals surface area contributed by atoms with Crippen molar-refractivity contribution in [2.75, 3.05) is 0 Å². The van der Waals surface area contributed by atoms with Gasteiger partial charge in [0.05, 0.1) is 40.9 Å². The minimum absolute atomic E-state index is 0.319. The van der Waals surface area contributed by atoms with E-state index in [4.69, 9.17) is 0 Å². The molecule has 0 spiro atoms. The van der Waals surface area contributed by atoms with E-state index in [9.17, 15) is 10.5 Å². The maximum Gasteiger partial charge on any atom is 0.0975 e. The van der Waals surface area contributed by atoms with Gasteiger partial charge in [-0.05, 0) is 31.5 Å². The highest BCUT2D eigenvalue weighted by molar-refractivity contribution is 5.79. The number of aromatic amines is 1. The van der Waals surface area contributed by atoms with E-state index in [1.165, 1.54) is 0 Å². The van der Waals surface area contributed by atoms with E-state index in [-0.39, 0.29) is 5.92 Å². The maximum absolute atomic E-state index is 9.47. The quantitative estimate of drug-likeness (QED) is 0.837. The van der Waals surface area contributed by atoms with Crippen LogP contribution in [0.5, 0.6) is 0 Å². The molecule has 0 bridgehead atoms. The fourth-order valence-corrected chi connectivity index (χ4v) is 2.76. The van der Waals surface area contributed by atoms with Gasteiger partial charge in [-0.3, -0.25) is 5.10 Å². The summed E-state index contributed by atoms with van der Waals surface area (Å²) in [6.07, 6.45) is 1.74. The van der Waals surface area contributed by atoms with Crippen LogP contribution in [0.2, 0.25) is 0 Å². The number of hydrogen-bond donors (Lipinski definition) is 2. The molecule has 0 atom stereocenters. The highest BCUT2D eigenvalue weighted by atomic mass is 15.1. The average Bonchev–Trinajstić information content (AvgIpc) is 2.93. The Kier molecular flexibility index (Phi) is 2.97. The Balaban J connectivity index is 2.22. The molecular formula is C16H13N5. The number of allylic oxidation sites excluding steroid dienone is 4. The van der Waals surface area contributed by atoms with E-state index in [0.717, 1.165) is 27.9 Å². The third-order valence-corrected chi connectivity index (χ3v) is 3.80. The average molecular weight is 275 g/mol. The predicted octanol–water partition coefficient (Wildman–Crippen LogP) is 2.84. The number of benzene rings is 1. The van der Waals surface area contributed by atoms with E-state index in [2.05, 4.69) is 27.7 Å². The normalized spacial score (nSPS) is 15.8. The fourth-order valence-electron chi connectivity index (χ4n) is 2.76. The van der Waals surface area contributed by atoms with Crippen molar-refractivity contribution >= 4 is 10.9 Å². The van der Waals surface area contributed by atoms with Gasteiger partial charge in [0.1, 0.15) is 0 Å². The van der Waals surface area contributed by atoms with E-state index in [1.54, 1.807) is 6.20 Å². The van der Waals surface area contributed by atoms with Crippen molar-refractivity contribution in [2.24, 2.45) is 0 Å². The van der Waals surface area contributed by atoms with E-state index >= 15 is 0 Å². The summed E-state index contributed by atoms with van der Waals surface area (Å²) in [6.45, 7) is 3.72. The van der Waals surface area contributed by atoms with Crippen LogP contribution in [0.15, 0.2) is 46.9 Å². The fraction of sp³-hybridized carbons (Fsp3) is 0.188. The number of nitrogens with one attached hydrogen (secondary N) is 2. The van der Waals surface area contributed by atoms with Crippen LogP contribution in [0.3, 0.4) is 0 Å². The Bertz CT molecular complexity index is 834. The van der Waals surface area contributed by atoms with Crippen LogP contribution in [-0.2, 0) is 0 Å². The molecule has 1 aliphatic heterocycles. The third kappa shape index (κ3) is 1.96. The second kappa shape index (κ2) is 4.81. The van der Waals surface area contributed by atoms with Gasteiger partial charge in [0, 0.05) is 16.8 Å². The topological polar surface area (TPSA) is 88.3 Å². The molecule has 5 heteroatoms. The lowest BCUT2D eigenvalue weighted by Crippen LogP contribution is -2.23. The molecule has 2 heterocycles. The largest absolute Gasteiger partial charge is 0.361 e. The standard InChI is InChI=1S/C16H13N5/c1-9-13(6-17)16(14(7-18)10(2)20-9)11-3-4-15-12(5-11)8-19-21-15/h3-5,8,16,20H,1-2H3,(H,19,21). The van der Waals surface area contributed by atoms with Crippen molar-refractivity contribution in [2.45, 2.75) is 19.8 Å². The Morgan fingerprint density at radius 3 is 2.38 bits per heavy atom. The maximum atomic E-state index is 9.47. The number of H-pyrrole nitrogens is 1. The molecular weight excluding hydrogens is 262 g/mol. The third-order valence-electron chi connectivity index (χ3n) is 3.80. The Hall–Kier alpha value is -3.05. The van der Waals surface area contributed by atoms with Gasteiger partial charge < -0.3 is 5.32 Å². The van der Waals surface area contributed by atoms with Crippen LogP contribution in [0.4, 0.5) is 0 Å². The van der Waals surface area contributed by atoms with Crippen LogP contribution in [0.25, 0.3) is 10.9 Å². The summed E-state index contributed by atoms with van der Waals surface area (Å²) in [5, 5.41) is 29.9. The molecule has 2 aromatic rings. The van der Waals surface area contributed by atoms with Gasteiger partial charge in [0.2, 0.25) is 0 Å². The number of nitrogens with zero attached hydrogens (tertiary/aromatic N) is 3. The molecule has 3 rings (SSSR count). The Labute approximate surface area is 122 Å². The first kappa shape index (κ1) is 13.0. The van der Waals surface area contributed by atoms with Crippen LogP contribution in [-0.4, -0.2) is 10.2 Å². The number of dihydropyridines is 1. The zero-order valence-corrected chi connectivity index (χ0v) is 11.7. The van der Waals surface area contributed by atoms with Gasteiger partial charge in [0.25, 0.3) is 0 Å². The summed E-state index contributed by atoms with van der Waals surface area (Å²) in [6, 6.07) is 10.3. The molecule has 0 fully saturated rings. The summed E-state index contributed by atoms with van der Waals surface area (Å²) < 4.78 is 0. The number of fused-ring (bicyclic) bond motifs is 1. The number of aromatic nitrogens is 2. The highest BCUT2D eigenvalue weighted by Gasteiger charge is 2.29. The van der Waals surface area contributed by atoms with Gasteiger partial charge in [-0.1, -0.05) is 6.07 Å². The molecule has 1 aromatic heterocycles. The van der Waals surface area contributed by atoms with Crippen molar-refractivity contribution < 1.29 is 0 Å². The molecule has 0 saturated carbocycles. The van der Waals surface area contributed by atoms with Crippen LogP contribution in [0.1, 0.15) is 25.3 Å². The number of hydrogen-bond acceptors (Lipinski definition) is 4. The summed E-state index contributed by atoms with van der Waals surface area (Å²) in [7, 11) is 0. The Morgan fingerprint density at radius 2 is 1.76 bits per heavy atom. The molecule has 1 aliphatic rings. The Morgan fingerprint density at radius 1 is 1.10 bits per heavy atom. The minimum Gasteiger partial charge on any atom is -0.361 e. The van der Waals surface area contributed by atoms with Crippen LogP contribution >= 0.6 is 0 Å². The molecule has 0 unspecified atom stereocenters. The number of nitriles is 2. The second-order valence-corrected chi connectivity index (χ2v) is 5.08. The molecule has 2 N–H and O–H groups in total. The molecule has 1 aromatic carbocycles.